The van der Waals surface area contributed by atoms with Gasteiger partial charge in [0.1, 0.15) is 5.75 Å². The Kier molecular flexibility index (Phi) is 8.97. The summed E-state index contributed by atoms with van der Waals surface area (Å²) in [5.74, 6) is 0.329. The summed E-state index contributed by atoms with van der Waals surface area (Å²) in [5, 5.41) is 8.76. The Bertz CT molecular complexity index is 160. The van der Waals surface area contributed by atoms with E-state index in [1.54, 1.807) is 12.1 Å². The van der Waals surface area contributed by atoms with E-state index in [1.807, 2.05) is 19.1 Å². The number of aromatic hydroxyl groups is 1. The number of rotatable bonds is 0. The predicted molar refractivity (Wildman–Crippen MR) is 44.1 cm³/mol. The summed E-state index contributed by atoms with van der Waals surface area (Å²) in [6.45, 7) is 7.99. The van der Waals surface area contributed by atoms with Crippen LogP contribution in [0.5, 0.6) is 5.75 Å². The first-order valence-corrected chi connectivity index (χ1v) is 3.04. The molecule has 0 fully saturated rings. The van der Waals surface area contributed by atoms with Gasteiger partial charge in [0.2, 0.25) is 0 Å². The molecule has 0 bridgehead atoms. The predicted octanol–water partition coefficient (Wildman–Crippen LogP) is 2.50. The maximum atomic E-state index is 8.76. The Balaban J connectivity index is 0. The van der Waals surface area contributed by atoms with E-state index >= 15 is 0 Å². The minimum absolute atomic E-state index is 0. The molecule has 11 heavy (non-hydrogen) atoms. The number of phenolic OH excluding ortho intramolecular Hbond substituents is 1. The van der Waals surface area contributed by atoms with Gasteiger partial charge in [0.05, 0.1) is 0 Å². The molecule has 60 valence electrons. The number of hydrogen-bond donors (Lipinski definition) is 1. The van der Waals surface area contributed by atoms with Gasteiger partial charge in [-0.25, -0.2) is 0 Å². The van der Waals surface area contributed by atoms with Gasteiger partial charge in [0.15, 0.2) is 0 Å². The fraction of sp³-hybridized carbons (Fsp3) is 0.111. The molecule has 0 radical (unpaired) electrons. The number of benzene rings is 1. The number of phenols is 1. The minimum atomic E-state index is 0. The first-order valence-electron chi connectivity index (χ1n) is 3.04. The Morgan fingerprint density at radius 3 is 1.73 bits per heavy atom. The molecule has 1 N–H and O–H groups in total. The van der Waals surface area contributed by atoms with Crippen molar-refractivity contribution in [1.82, 2.24) is 0 Å². The van der Waals surface area contributed by atoms with Gasteiger partial charge < -0.3 is 5.11 Å². The van der Waals surface area contributed by atoms with E-state index in [2.05, 4.69) is 13.2 Å². The maximum absolute atomic E-state index is 8.76. The van der Waals surface area contributed by atoms with Gasteiger partial charge in [0, 0.05) is 21.1 Å². The molecule has 0 aliphatic heterocycles. The van der Waals surface area contributed by atoms with Crippen LogP contribution in [0.1, 0.15) is 5.56 Å². The van der Waals surface area contributed by atoms with Crippen molar-refractivity contribution in [3.8, 4) is 5.75 Å². The van der Waals surface area contributed by atoms with Crippen molar-refractivity contribution in [3.63, 3.8) is 0 Å². The van der Waals surface area contributed by atoms with Crippen LogP contribution in [0, 0.1) is 6.92 Å². The van der Waals surface area contributed by atoms with Gasteiger partial charge in [-0.3, -0.25) is 0 Å². The van der Waals surface area contributed by atoms with Crippen LogP contribution in [0.2, 0.25) is 0 Å². The molecule has 0 aliphatic carbocycles. The van der Waals surface area contributed by atoms with E-state index in [4.69, 9.17) is 5.11 Å². The summed E-state index contributed by atoms with van der Waals surface area (Å²) in [7, 11) is 0. The molecule has 0 amide bonds. The summed E-state index contributed by atoms with van der Waals surface area (Å²) in [5.41, 5.74) is 1.17. The van der Waals surface area contributed by atoms with Crippen LogP contribution in [0.25, 0.3) is 0 Å². The van der Waals surface area contributed by atoms with Gasteiger partial charge in [-0.15, -0.1) is 13.2 Å². The molecule has 1 aromatic rings. The summed E-state index contributed by atoms with van der Waals surface area (Å²) >= 11 is 0. The zero-order chi connectivity index (χ0) is 7.98. The van der Waals surface area contributed by atoms with Gasteiger partial charge in [0.25, 0.3) is 0 Å². The first-order chi connectivity index (χ1) is 4.79. The fourth-order valence-corrected chi connectivity index (χ4v) is 0.545. The van der Waals surface area contributed by atoms with Crippen molar-refractivity contribution in [2.45, 2.75) is 6.92 Å². The molecule has 1 aromatic carbocycles. The number of hydrogen-bond acceptors (Lipinski definition) is 1. The summed E-state index contributed by atoms with van der Waals surface area (Å²) < 4.78 is 0. The molecular formula is C9H12OW. The van der Waals surface area contributed by atoms with E-state index in [-0.39, 0.29) is 21.1 Å². The Labute approximate surface area is 82.0 Å². The van der Waals surface area contributed by atoms with Crippen LogP contribution in [-0.2, 0) is 21.1 Å². The third kappa shape index (κ3) is 5.87. The topological polar surface area (TPSA) is 20.2 Å². The normalized spacial score (nSPS) is 7.00. The van der Waals surface area contributed by atoms with Gasteiger partial charge >= 0.3 is 0 Å². The summed E-state index contributed by atoms with van der Waals surface area (Å²) in [6.07, 6.45) is 0. The first kappa shape index (κ1) is 13.1. The second kappa shape index (κ2) is 7.55. The van der Waals surface area contributed by atoms with Crippen LogP contribution in [0.15, 0.2) is 37.4 Å². The zero-order valence-electron chi connectivity index (χ0n) is 6.58. The second-order valence-electron chi connectivity index (χ2n) is 1.84. The Morgan fingerprint density at radius 2 is 1.45 bits per heavy atom. The SMILES string of the molecule is C=C.Cc1ccc(O)cc1.[W]. The smallest absolute Gasteiger partial charge is 0.115 e. The van der Waals surface area contributed by atoms with E-state index in [9.17, 15) is 0 Å². The molecular weight excluding hydrogens is 308 g/mol. The van der Waals surface area contributed by atoms with Crippen molar-refractivity contribution < 1.29 is 26.2 Å². The van der Waals surface area contributed by atoms with Crippen LogP contribution >= 0.6 is 0 Å². The molecule has 0 saturated heterocycles. The van der Waals surface area contributed by atoms with E-state index in [0.29, 0.717) is 5.75 Å². The molecule has 2 heteroatoms. The largest absolute Gasteiger partial charge is 0.508 e. The molecule has 0 aromatic heterocycles. The van der Waals surface area contributed by atoms with Gasteiger partial charge in [-0.2, -0.15) is 0 Å². The van der Waals surface area contributed by atoms with E-state index in [0.717, 1.165) is 0 Å². The standard InChI is InChI=1S/C7H8O.C2H4.W/c1-6-2-4-7(8)5-3-6;1-2;/h2-5,8H,1H3;1-2H2;. The van der Waals surface area contributed by atoms with Crippen molar-refractivity contribution >= 4 is 0 Å². The van der Waals surface area contributed by atoms with Gasteiger partial charge in [-0.05, 0) is 19.1 Å². The molecule has 1 rings (SSSR count). The fourth-order valence-electron chi connectivity index (χ4n) is 0.545. The second-order valence-corrected chi connectivity index (χ2v) is 1.84. The summed E-state index contributed by atoms with van der Waals surface area (Å²) in [6, 6.07) is 7.09. The molecule has 0 saturated carbocycles. The summed E-state index contributed by atoms with van der Waals surface area (Å²) in [4.78, 5) is 0. The minimum Gasteiger partial charge on any atom is -0.508 e. The molecule has 0 unspecified atom stereocenters. The molecule has 0 aliphatic rings. The van der Waals surface area contributed by atoms with Crippen molar-refractivity contribution in [2.24, 2.45) is 0 Å². The monoisotopic (exact) mass is 320 g/mol. The number of aryl methyl sites for hydroxylation is 1. The Hall–Kier alpha value is -0.552. The molecule has 0 spiro atoms. The molecule has 0 atom stereocenters. The molecule has 1 nitrogen and oxygen atoms in total. The zero-order valence-corrected chi connectivity index (χ0v) is 9.51. The van der Waals surface area contributed by atoms with Crippen LogP contribution in [-0.4, -0.2) is 5.11 Å². The average Bonchev–Trinajstić information content (AvgIpc) is 2.00. The average molecular weight is 320 g/mol. The maximum Gasteiger partial charge on any atom is 0.115 e. The third-order valence-electron chi connectivity index (χ3n) is 1.03. The van der Waals surface area contributed by atoms with Crippen molar-refractivity contribution in [1.29, 1.82) is 0 Å². The van der Waals surface area contributed by atoms with Gasteiger partial charge in [-0.1, -0.05) is 17.7 Å². The molecule has 0 heterocycles. The third-order valence-corrected chi connectivity index (χ3v) is 1.03. The van der Waals surface area contributed by atoms with Crippen LogP contribution in [0.4, 0.5) is 0 Å². The van der Waals surface area contributed by atoms with Crippen molar-refractivity contribution in [2.75, 3.05) is 0 Å². The van der Waals surface area contributed by atoms with Crippen LogP contribution in [0.3, 0.4) is 0 Å². The Morgan fingerprint density at radius 1 is 1.09 bits per heavy atom. The van der Waals surface area contributed by atoms with E-state index < -0.39 is 0 Å². The van der Waals surface area contributed by atoms with Crippen LogP contribution < -0.4 is 0 Å². The quantitative estimate of drug-likeness (QED) is 0.728. The van der Waals surface area contributed by atoms with E-state index in [1.165, 1.54) is 5.56 Å². The van der Waals surface area contributed by atoms with Crippen molar-refractivity contribution in [3.05, 3.63) is 43.0 Å².